The molecule has 3 rings (SSSR count). The molecule has 1 aliphatic rings. The van der Waals surface area contributed by atoms with Crippen molar-refractivity contribution in [2.75, 3.05) is 26.7 Å². The van der Waals surface area contributed by atoms with E-state index in [0.717, 1.165) is 23.6 Å². The van der Waals surface area contributed by atoms with Crippen LogP contribution in [-0.2, 0) is 0 Å². The lowest BCUT2D eigenvalue weighted by Gasteiger charge is -2.31. The minimum absolute atomic E-state index is 0.0375. The largest absolute Gasteiger partial charge is 0.491 e. The van der Waals surface area contributed by atoms with Crippen LogP contribution in [0.5, 0.6) is 5.75 Å². The van der Waals surface area contributed by atoms with Crippen LogP contribution in [0.4, 0.5) is 0 Å². The number of amides is 2. The number of benzene rings is 1. The number of piperidine rings is 1. The Kier molecular flexibility index (Phi) is 7.11. The third-order valence-electron chi connectivity index (χ3n) is 5.02. The average Bonchev–Trinajstić information content (AvgIpc) is 3.23. The van der Waals surface area contributed by atoms with Gasteiger partial charge in [-0.3, -0.25) is 9.59 Å². The van der Waals surface area contributed by atoms with Gasteiger partial charge in [-0.2, -0.15) is 0 Å². The van der Waals surface area contributed by atoms with Crippen molar-refractivity contribution in [2.45, 2.75) is 38.7 Å². The number of ether oxygens (including phenoxy) is 1. The lowest BCUT2D eigenvalue weighted by Crippen LogP contribution is -2.37. The average molecular weight is 426 g/mol. The molecule has 0 radical (unpaired) electrons. The second kappa shape index (κ2) is 9.77. The summed E-state index contributed by atoms with van der Waals surface area (Å²) >= 11 is 1.50. The molecule has 30 heavy (non-hydrogen) atoms. The molecule has 2 amide bonds. The fraction of sp³-hybridized carbons (Fsp3) is 0.435. The molecule has 1 fully saturated rings. The van der Waals surface area contributed by atoms with Gasteiger partial charge in [-0.1, -0.05) is 5.92 Å². The molecule has 7 heteroatoms. The zero-order chi connectivity index (χ0) is 21.7. The van der Waals surface area contributed by atoms with Crippen molar-refractivity contribution in [3.05, 3.63) is 45.9 Å². The number of thiazole rings is 1. The molecule has 158 valence electrons. The third kappa shape index (κ3) is 5.19. The number of likely N-dealkylation sites (tertiary alicyclic amines) is 1. The normalized spacial score (nSPS) is 14.4. The van der Waals surface area contributed by atoms with E-state index in [0.29, 0.717) is 24.3 Å². The van der Waals surface area contributed by atoms with Crippen LogP contribution in [0.1, 0.15) is 58.5 Å². The summed E-state index contributed by atoms with van der Waals surface area (Å²) in [4.78, 5) is 33.0. The summed E-state index contributed by atoms with van der Waals surface area (Å²) < 4.78 is 5.64. The van der Waals surface area contributed by atoms with Crippen molar-refractivity contribution in [1.82, 2.24) is 14.8 Å². The van der Waals surface area contributed by atoms with Crippen molar-refractivity contribution in [2.24, 2.45) is 0 Å². The first-order chi connectivity index (χ1) is 14.4. The second-order valence-electron chi connectivity index (χ2n) is 7.69. The summed E-state index contributed by atoms with van der Waals surface area (Å²) in [5.74, 6) is 3.37. The van der Waals surface area contributed by atoms with E-state index >= 15 is 0 Å². The van der Waals surface area contributed by atoms with Gasteiger partial charge >= 0.3 is 0 Å². The minimum Gasteiger partial charge on any atom is -0.491 e. The van der Waals surface area contributed by atoms with Crippen LogP contribution >= 0.6 is 11.3 Å². The Morgan fingerprint density at radius 1 is 1.30 bits per heavy atom. The highest BCUT2D eigenvalue weighted by Crippen LogP contribution is 2.31. The zero-order valence-corrected chi connectivity index (χ0v) is 18.4. The van der Waals surface area contributed by atoms with Gasteiger partial charge in [0, 0.05) is 37.0 Å². The van der Waals surface area contributed by atoms with E-state index in [2.05, 4.69) is 10.9 Å². The highest BCUT2D eigenvalue weighted by Gasteiger charge is 2.27. The van der Waals surface area contributed by atoms with Gasteiger partial charge < -0.3 is 14.5 Å². The van der Waals surface area contributed by atoms with Crippen LogP contribution in [0.15, 0.2) is 29.6 Å². The quantitative estimate of drug-likeness (QED) is 0.663. The Balaban J connectivity index is 1.56. The molecule has 0 unspecified atom stereocenters. The molecule has 1 aromatic heterocycles. The molecule has 1 saturated heterocycles. The van der Waals surface area contributed by atoms with Crippen LogP contribution in [-0.4, -0.2) is 59.4 Å². The standard InChI is InChI=1S/C23H27N3O3S/c1-5-12-25(4)23(28)20-15-30-21(24-20)17-10-13-26(14-11-17)22(27)18-6-8-19(9-7-18)29-16(2)3/h1,6-9,15-17H,10-14H2,2-4H3. The van der Waals surface area contributed by atoms with Gasteiger partial charge in [0.05, 0.1) is 17.7 Å². The number of hydrogen-bond acceptors (Lipinski definition) is 5. The minimum atomic E-state index is -0.159. The van der Waals surface area contributed by atoms with E-state index in [1.807, 2.05) is 43.0 Å². The lowest BCUT2D eigenvalue weighted by atomic mass is 9.97. The lowest BCUT2D eigenvalue weighted by molar-refractivity contribution is 0.0713. The molecule has 0 saturated carbocycles. The fourth-order valence-electron chi connectivity index (χ4n) is 3.44. The Labute approximate surface area is 181 Å². The fourth-order valence-corrected chi connectivity index (χ4v) is 4.40. The van der Waals surface area contributed by atoms with E-state index in [4.69, 9.17) is 11.2 Å². The second-order valence-corrected chi connectivity index (χ2v) is 8.58. The number of aromatic nitrogens is 1. The number of hydrogen-bond donors (Lipinski definition) is 0. The summed E-state index contributed by atoms with van der Waals surface area (Å²) in [5, 5.41) is 2.75. The SMILES string of the molecule is C#CCN(C)C(=O)c1csc(C2CCN(C(=O)c3ccc(OC(C)C)cc3)CC2)n1. The van der Waals surface area contributed by atoms with Crippen LogP contribution in [0.3, 0.4) is 0 Å². The summed E-state index contributed by atoms with van der Waals surface area (Å²) in [6.45, 7) is 5.55. The molecule has 0 N–H and O–H groups in total. The van der Waals surface area contributed by atoms with Crippen molar-refractivity contribution in [1.29, 1.82) is 0 Å². The molecule has 0 bridgehead atoms. The number of nitrogens with zero attached hydrogens (tertiary/aromatic N) is 3. The number of rotatable bonds is 6. The molecule has 1 aliphatic heterocycles. The first-order valence-corrected chi connectivity index (χ1v) is 11.0. The summed E-state index contributed by atoms with van der Waals surface area (Å²) in [6, 6.07) is 7.31. The summed E-state index contributed by atoms with van der Waals surface area (Å²) in [6.07, 6.45) is 7.04. The Morgan fingerprint density at radius 3 is 2.57 bits per heavy atom. The zero-order valence-electron chi connectivity index (χ0n) is 17.6. The van der Waals surface area contributed by atoms with E-state index in [1.54, 1.807) is 12.4 Å². The highest BCUT2D eigenvalue weighted by molar-refractivity contribution is 7.09. The Bertz CT molecular complexity index is 922. The molecule has 0 spiro atoms. The number of terminal acetylenes is 1. The van der Waals surface area contributed by atoms with Crippen LogP contribution in [0, 0.1) is 12.3 Å². The molecule has 2 heterocycles. The monoisotopic (exact) mass is 425 g/mol. The van der Waals surface area contributed by atoms with Gasteiger partial charge in [-0.05, 0) is 51.0 Å². The highest BCUT2D eigenvalue weighted by atomic mass is 32.1. The predicted molar refractivity (Wildman–Crippen MR) is 118 cm³/mol. The van der Waals surface area contributed by atoms with Gasteiger partial charge in [0.1, 0.15) is 11.4 Å². The van der Waals surface area contributed by atoms with Gasteiger partial charge in [0.15, 0.2) is 0 Å². The van der Waals surface area contributed by atoms with Crippen molar-refractivity contribution < 1.29 is 14.3 Å². The topological polar surface area (TPSA) is 62.7 Å². The number of carbonyl (C=O) groups is 2. The van der Waals surface area contributed by atoms with Crippen LogP contribution in [0.25, 0.3) is 0 Å². The van der Waals surface area contributed by atoms with Crippen molar-refractivity contribution in [3.8, 4) is 18.1 Å². The Hall–Kier alpha value is -2.85. The van der Waals surface area contributed by atoms with Crippen molar-refractivity contribution in [3.63, 3.8) is 0 Å². The van der Waals surface area contributed by atoms with Crippen molar-refractivity contribution >= 4 is 23.2 Å². The smallest absolute Gasteiger partial charge is 0.273 e. The molecular weight excluding hydrogens is 398 g/mol. The molecule has 1 aromatic carbocycles. The Morgan fingerprint density at radius 2 is 1.97 bits per heavy atom. The van der Waals surface area contributed by atoms with Gasteiger partial charge in [0.2, 0.25) is 0 Å². The molecule has 0 atom stereocenters. The van der Waals surface area contributed by atoms with Gasteiger partial charge in [-0.15, -0.1) is 17.8 Å². The maximum atomic E-state index is 12.8. The molecule has 0 aliphatic carbocycles. The number of carbonyl (C=O) groups excluding carboxylic acids is 2. The van der Waals surface area contributed by atoms with E-state index in [-0.39, 0.29) is 30.4 Å². The van der Waals surface area contributed by atoms with Gasteiger partial charge in [-0.25, -0.2) is 4.98 Å². The molecule has 2 aromatic rings. The van der Waals surface area contributed by atoms with Crippen LogP contribution in [0.2, 0.25) is 0 Å². The summed E-state index contributed by atoms with van der Waals surface area (Å²) in [5.41, 5.74) is 1.11. The van der Waals surface area contributed by atoms with E-state index in [9.17, 15) is 9.59 Å². The first-order valence-electron chi connectivity index (χ1n) is 10.1. The van der Waals surface area contributed by atoms with E-state index < -0.39 is 0 Å². The molecule has 6 nitrogen and oxygen atoms in total. The maximum Gasteiger partial charge on any atom is 0.273 e. The van der Waals surface area contributed by atoms with Crippen LogP contribution < -0.4 is 4.74 Å². The first kappa shape index (κ1) is 21.8. The van der Waals surface area contributed by atoms with E-state index in [1.165, 1.54) is 16.2 Å². The molecular formula is C23H27N3O3S. The predicted octanol–water partition coefficient (Wildman–Crippen LogP) is 3.66. The third-order valence-corrected chi connectivity index (χ3v) is 6.03. The summed E-state index contributed by atoms with van der Waals surface area (Å²) in [7, 11) is 1.67. The van der Waals surface area contributed by atoms with Gasteiger partial charge in [0.25, 0.3) is 11.8 Å². The maximum absolute atomic E-state index is 12.8.